The molecule has 0 aliphatic heterocycles. The second-order valence-electron chi connectivity index (χ2n) is 4.67. The Bertz CT molecular complexity index is 568. The summed E-state index contributed by atoms with van der Waals surface area (Å²) in [5.41, 5.74) is 0.936. The van der Waals surface area contributed by atoms with Crippen molar-refractivity contribution in [2.45, 2.75) is 25.8 Å². The SMILES string of the molecule is CCOc1ccc(Nc2cnnc(NC3CC3)n2)cc1. The van der Waals surface area contributed by atoms with E-state index in [4.69, 9.17) is 4.74 Å². The maximum Gasteiger partial charge on any atom is 0.244 e. The van der Waals surface area contributed by atoms with E-state index >= 15 is 0 Å². The van der Waals surface area contributed by atoms with Gasteiger partial charge in [-0.1, -0.05) is 0 Å². The molecule has 0 bridgehead atoms. The lowest BCUT2D eigenvalue weighted by molar-refractivity contribution is 0.340. The average molecular weight is 271 g/mol. The predicted octanol–water partition coefficient (Wildman–Crippen LogP) is 2.59. The van der Waals surface area contributed by atoms with Crippen molar-refractivity contribution < 1.29 is 4.74 Å². The lowest BCUT2D eigenvalue weighted by Gasteiger charge is -2.08. The summed E-state index contributed by atoms with van der Waals surface area (Å²) in [4.78, 5) is 4.38. The molecule has 3 rings (SSSR count). The summed E-state index contributed by atoms with van der Waals surface area (Å²) < 4.78 is 5.41. The largest absolute Gasteiger partial charge is 0.494 e. The van der Waals surface area contributed by atoms with Gasteiger partial charge in [-0.15, -0.1) is 5.10 Å². The fourth-order valence-corrected chi connectivity index (χ4v) is 1.78. The van der Waals surface area contributed by atoms with Gasteiger partial charge in [0.15, 0.2) is 5.82 Å². The molecule has 2 N–H and O–H groups in total. The topological polar surface area (TPSA) is 72.0 Å². The van der Waals surface area contributed by atoms with Crippen molar-refractivity contribution in [3.8, 4) is 5.75 Å². The number of aromatic nitrogens is 3. The molecule has 0 amide bonds. The monoisotopic (exact) mass is 271 g/mol. The van der Waals surface area contributed by atoms with Gasteiger partial charge >= 0.3 is 0 Å². The lowest BCUT2D eigenvalue weighted by Crippen LogP contribution is -2.07. The molecule has 1 aliphatic rings. The molecule has 1 fully saturated rings. The van der Waals surface area contributed by atoms with E-state index in [1.165, 1.54) is 12.8 Å². The van der Waals surface area contributed by atoms with Gasteiger partial charge in [-0.05, 0) is 44.0 Å². The van der Waals surface area contributed by atoms with Crippen LogP contribution in [-0.2, 0) is 0 Å². The molecular formula is C14H17N5O. The Kier molecular flexibility index (Phi) is 3.62. The number of nitrogens with zero attached hydrogens (tertiary/aromatic N) is 3. The number of hydrogen-bond acceptors (Lipinski definition) is 6. The Hall–Kier alpha value is -2.37. The first kappa shape index (κ1) is 12.7. The van der Waals surface area contributed by atoms with E-state index < -0.39 is 0 Å². The first-order valence-electron chi connectivity index (χ1n) is 6.79. The highest BCUT2D eigenvalue weighted by atomic mass is 16.5. The van der Waals surface area contributed by atoms with Crippen molar-refractivity contribution in [1.82, 2.24) is 15.2 Å². The molecule has 1 aromatic carbocycles. The molecule has 2 aromatic rings. The Morgan fingerprint density at radius 2 is 2.05 bits per heavy atom. The quantitative estimate of drug-likeness (QED) is 0.841. The van der Waals surface area contributed by atoms with Crippen molar-refractivity contribution >= 4 is 17.5 Å². The molecule has 1 heterocycles. The van der Waals surface area contributed by atoms with E-state index in [1.54, 1.807) is 6.20 Å². The van der Waals surface area contributed by atoms with Gasteiger partial charge in [0.25, 0.3) is 0 Å². The lowest BCUT2D eigenvalue weighted by atomic mass is 10.3. The normalized spacial score (nSPS) is 13.8. The zero-order valence-electron chi connectivity index (χ0n) is 11.3. The molecule has 20 heavy (non-hydrogen) atoms. The third-order valence-corrected chi connectivity index (χ3v) is 2.91. The van der Waals surface area contributed by atoms with Crippen molar-refractivity contribution in [2.75, 3.05) is 17.2 Å². The molecule has 1 aromatic heterocycles. The molecule has 1 saturated carbocycles. The molecule has 0 saturated heterocycles. The molecule has 6 nitrogen and oxygen atoms in total. The van der Waals surface area contributed by atoms with Crippen LogP contribution < -0.4 is 15.4 Å². The molecule has 1 aliphatic carbocycles. The third-order valence-electron chi connectivity index (χ3n) is 2.91. The zero-order valence-corrected chi connectivity index (χ0v) is 11.3. The summed E-state index contributed by atoms with van der Waals surface area (Å²) in [6.07, 6.45) is 3.97. The molecule has 0 unspecified atom stereocenters. The van der Waals surface area contributed by atoms with Crippen molar-refractivity contribution in [3.05, 3.63) is 30.5 Å². The highest BCUT2D eigenvalue weighted by Crippen LogP contribution is 2.23. The van der Waals surface area contributed by atoms with Crippen molar-refractivity contribution in [3.63, 3.8) is 0 Å². The Morgan fingerprint density at radius 1 is 1.25 bits per heavy atom. The fourth-order valence-electron chi connectivity index (χ4n) is 1.78. The van der Waals surface area contributed by atoms with E-state index in [0.29, 0.717) is 24.4 Å². The van der Waals surface area contributed by atoms with Gasteiger partial charge in [0.05, 0.1) is 12.8 Å². The predicted molar refractivity (Wildman–Crippen MR) is 77.4 cm³/mol. The number of rotatable bonds is 6. The van der Waals surface area contributed by atoms with Gasteiger partial charge in [-0.2, -0.15) is 10.1 Å². The van der Waals surface area contributed by atoms with Gasteiger partial charge in [0, 0.05) is 11.7 Å². The zero-order chi connectivity index (χ0) is 13.8. The van der Waals surface area contributed by atoms with Gasteiger partial charge in [-0.3, -0.25) is 0 Å². The maximum absolute atomic E-state index is 5.41. The van der Waals surface area contributed by atoms with E-state index in [2.05, 4.69) is 25.8 Å². The van der Waals surface area contributed by atoms with Gasteiger partial charge in [-0.25, -0.2) is 0 Å². The van der Waals surface area contributed by atoms with Crippen molar-refractivity contribution in [1.29, 1.82) is 0 Å². The molecule has 104 valence electrons. The van der Waals surface area contributed by atoms with E-state index in [-0.39, 0.29) is 0 Å². The van der Waals surface area contributed by atoms with Gasteiger partial charge < -0.3 is 15.4 Å². The molecule has 0 radical (unpaired) electrons. The standard InChI is InChI=1S/C14H17N5O/c1-2-20-12-7-5-10(6-8-12)16-13-9-15-19-14(18-13)17-11-3-4-11/h5-9,11H,2-4H2,1H3,(H2,16,17,18,19). The molecule has 0 spiro atoms. The minimum absolute atomic E-state index is 0.512. The van der Waals surface area contributed by atoms with Crippen LogP contribution in [0.4, 0.5) is 17.5 Å². The van der Waals surface area contributed by atoms with Gasteiger partial charge in [0.2, 0.25) is 5.95 Å². The van der Waals surface area contributed by atoms with E-state index in [1.807, 2.05) is 31.2 Å². The highest BCUT2D eigenvalue weighted by Gasteiger charge is 2.22. The third kappa shape index (κ3) is 3.34. The summed E-state index contributed by atoms with van der Waals surface area (Å²) >= 11 is 0. The number of anilines is 3. The van der Waals surface area contributed by atoms with Crippen LogP contribution in [0.1, 0.15) is 19.8 Å². The second kappa shape index (κ2) is 5.73. The Labute approximate surface area is 117 Å². The number of nitrogens with one attached hydrogen (secondary N) is 2. The smallest absolute Gasteiger partial charge is 0.244 e. The van der Waals surface area contributed by atoms with Crippen molar-refractivity contribution in [2.24, 2.45) is 0 Å². The molecular weight excluding hydrogens is 254 g/mol. The highest BCUT2D eigenvalue weighted by molar-refractivity contribution is 5.57. The first-order chi connectivity index (χ1) is 9.83. The second-order valence-corrected chi connectivity index (χ2v) is 4.67. The van der Waals surface area contributed by atoms with Crippen LogP contribution in [0.5, 0.6) is 5.75 Å². The van der Waals surface area contributed by atoms with Crippen LogP contribution in [0.3, 0.4) is 0 Å². The first-order valence-corrected chi connectivity index (χ1v) is 6.79. The molecule has 6 heteroatoms. The maximum atomic E-state index is 5.41. The fraction of sp³-hybridized carbons (Fsp3) is 0.357. The Balaban J connectivity index is 1.66. The van der Waals surface area contributed by atoms with Crippen LogP contribution in [0.15, 0.2) is 30.5 Å². The summed E-state index contributed by atoms with van der Waals surface area (Å²) in [7, 11) is 0. The van der Waals surface area contributed by atoms with Crippen LogP contribution in [0.25, 0.3) is 0 Å². The van der Waals surface area contributed by atoms with Gasteiger partial charge in [0.1, 0.15) is 5.75 Å². The summed E-state index contributed by atoms with van der Waals surface area (Å²) in [5.74, 6) is 2.10. The summed E-state index contributed by atoms with van der Waals surface area (Å²) in [6.45, 7) is 2.63. The van der Waals surface area contributed by atoms with Crippen LogP contribution in [0.2, 0.25) is 0 Å². The average Bonchev–Trinajstić information content (AvgIpc) is 3.26. The van der Waals surface area contributed by atoms with Crippen LogP contribution in [0, 0.1) is 0 Å². The van der Waals surface area contributed by atoms with E-state index in [0.717, 1.165) is 11.4 Å². The van der Waals surface area contributed by atoms with Crippen LogP contribution in [-0.4, -0.2) is 27.8 Å². The Morgan fingerprint density at radius 3 is 2.75 bits per heavy atom. The minimum atomic E-state index is 0.512. The summed E-state index contributed by atoms with van der Waals surface area (Å²) in [6, 6.07) is 8.24. The number of benzene rings is 1. The summed E-state index contributed by atoms with van der Waals surface area (Å²) in [5, 5.41) is 14.3. The van der Waals surface area contributed by atoms with E-state index in [9.17, 15) is 0 Å². The minimum Gasteiger partial charge on any atom is -0.494 e. The number of ether oxygens (including phenoxy) is 1. The number of hydrogen-bond donors (Lipinski definition) is 2. The van der Waals surface area contributed by atoms with Crippen LogP contribution >= 0.6 is 0 Å². The molecule has 0 atom stereocenters.